The number of nitrogens with one attached hydrogen (secondary N) is 1. The zero-order valence-electron chi connectivity index (χ0n) is 24.3. The number of hydrogen-bond donors (Lipinski definition) is 1. The maximum atomic E-state index is 13.3. The van der Waals surface area contributed by atoms with Crippen LogP contribution in [0.3, 0.4) is 0 Å². The van der Waals surface area contributed by atoms with Crippen molar-refractivity contribution in [1.82, 2.24) is 30.1 Å². The second-order valence-electron chi connectivity index (χ2n) is 10.4. The molecule has 0 unspecified atom stereocenters. The van der Waals surface area contributed by atoms with Crippen LogP contribution in [0.5, 0.6) is 23.0 Å². The third kappa shape index (κ3) is 6.62. The fourth-order valence-corrected chi connectivity index (χ4v) is 5.27. The number of fused-ring (bicyclic) bond motifs is 2. The van der Waals surface area contributed by atoms with Gasteiger partial charge < -0.3 is 23.9 Å². The summed E-state index contributed by atoms with van der Waals surface area (Å²) in [7, 11) is 3.25. The highest BCUT2D eigenvalue weighted by Crippen LogP contribution is 2.34. The van der Waals surface area contributed by atoms with Gasteiger partial charge in [0.1, 0.15) is 13.2 Å². The third-order valence-corrected chi connectivity index (χ3v) is 7.57. The molecule has 3 aromatic carbocycles. The highest BCUT2D eigenvalue weighted by molar-refractivity contribution is 5.83. The molecule has 3 heterocycles. The lowest BCUT2D eigenvalue weighted by atomic mass is 10.1. The van der Waals surface area contributed by atoms with Crippen molar-refractivity contribution in [2.45, 2.75) is 32.5 Å². The van der Waals surface area contributed by atoms with Crippen LogP contribution in [0.25, 0.3) is 10.9 Å². The standard InChI is InChI=1S/C32H34N6O5/c1-40-27-9-8-23(16-28(27)41-2)10-12-37(21-31-34-35-36-38(31)13-11-22-6-4-3-5-7-22)20-25-17-24-18-29-30(43-15-14-42-29)19-26(24)33-32(25)39/h3-9,16-19H,10-15,20-21H2,1-2H3,(H,33,39). The number of benzene rings is 3. The number of hydrogen-bond acceptors (Lipinski definition) is 9. The minimum Gasteiger partial charge on any atom is -0.493 e. The van der Waals surface area contributed by atoms with E-state index in [-0.39, 0.29) is 5.56 Å². The molecular weight excluding hydrogens is 548 g/mol. The Balaban J connectivity index is 1.25. The molecule has 11 nitrogen and oxygen atoms in total. The average Bonchev–Trinajstić information content (AvgIpc) is 3.49. The van der Waals surface area contributed by atoms with Crippen molar-refractivity contribution in [1.29, 1.82) is 0 Å². The SMILES string of the molecule is COc1ccc(CCN(Cc2cc3cc4c(cc3[nH]c2=O)OCCO4)Cc2nnnn2CCc2ccccc2)cc1OC. The summed E-state index contributed by atoms with van der Waals surface area (Å²) in [5, 5.41) is 13.4. The van der Waals surface area contributed by atoms with Crippen molar-refractivity contribution in [3.8, 4) is 23.0 Å². The van der Waals surface area contributed by atoms with Crippen LogP contribution in [0.2, 0.25) is 0 Å². The molecule has 1 N–H and O–H groups in total. The molecular formula is C32H34N6O5. The van der Waals surface area contributed by atoms with Crippen molar-refractivity contribution in [3.63, 3.8) is 0 Å². The van der Waals surface area contributed by atoms with Crippen molar-refractivity contribution in [2.75, 3.05) is 34.0 Å². The Morgan fingerprint density at radius 1 is 0.884 bits per heavy atom. The van der Waals surface area contributed by atoms with Crippen LogP contribution in [0, 0.1) is 0 Å². The van der Waals surface area contributed by atoms with Crippen molar-refractivity contribution >= 4 is 10.9 Å². The van der Waals surface area contributed by atoms with E-state index in [9.17, 15) is 4.79 Å². The molecule has 43 heavy (non-hydrogen) atoms. The van der Waals surface area contributed by atoms with Crippen molar-refractivity contribution < 1.29 is 18.9 Å². The molecule has 0 aliphatic carbocycles. The van der Waals surface area contributed by atoms with Gasteiger partial charge in [0.25, 0.3) is 5.56 Å². The number of nitrogens with zero attached hydrogens (tertiary/aromatic N) is 5. The maximum Gasteiger partial charge on any atom is 0.252 e. The summed E-state index contributed by atoms with van der Waals surface area (Å²) >= 11 is 0. The molecule has 0 saturated carbocycles. The predicted octanol–water partition coefficient (Wildman–Crippen LogP) is 3.79. The van der Waals surface area contributed by atoms with E-state index in [0.29, 0.717) is 73.5 Å². The number of pyridine rings is 1. The Morgan fingerprint density at radius 2 is 1.67 bits per heavy atom. The molecule has 0 amide bonds. The Labute approximate surface area is 249 Å². The molecule has 6 rings (SSSR count). The van der Waals surface area contributed by atoms with Gasteiger partial charge in [-0.15, -0.1) is 5.10 Å². The second-order valence-corrected chi connectivity index (χ2v) is 10.4. The van der Waals surface area contributed by atoms with Crippen LogP contribution < -0.4 is 24.5 Å². The highest BCUT2D eigenvalue weighted by Gasteiger charge is 2.18. The number of aromatic nitrogens is 5. The molecule has 222 valence electrons. The van der Waals surface area contributed by atoms with Crippen LogP contribution in [-0.4, -0.2) is 64.1 Å². The van der Waals surface area contributed by atoms with E-state index in [1.807, 2.05) is 59.3 Å². The Bertz CT molecular complexity index is 1750. The van der Waals surface area contributed by atoms with Crippen LogP contribution in [0.1, 0.15) is 22.5 Å². The minimum absolute atomic E-state index is 0.149. The van der Waals surface area contributed by atoms with Gasteiger partial charge in [-0.2, -0.15) is 0 Å². The monoisotopic (exact) mass is 582 g/mol. The zero-order valence-corrected chi connectivity index (χ0v) is 24.3. The fraction of sp³-hybridized carbons (Fsp3) is 0.312. The quantitative estimate of drug-likeness (QED) is 0.235. The van der Waals surface area contributed by atoms with Gasteiger partial charge in [-0.3, -0.25) is 9.69 Å². The van der Waals surface area contributed by atoms with Gasteiger partial charge in [0.15, 0.2) is 28.8 Å². The van der Waals surface area contributed by atoms with E-state index >= 15 is 0 Å². The Morgan fingerprint density at radius 3 is 2.47 bits per heavy atom. The van der Waals surface area contributed by atoms with Gasteiger partial charge in [-0.1, -0.05) is 36.4 Å². The van der Waals surface area contributed by atoms with Gasteiger partial charge in [0.05, 0.1) is 26.3 Å². The number of H-pyrrole nitrogens is 1. The maximum absolute atomic E-state index is 13.3. The first kappa shape index (κ1) is 28.2. The number of aromatic amines is 1. The third-order valence-electron chi connectivity index (χ3n) is 7.57. The van der Waals surface area contributed by atoms with Gasteiger partial charge in [-0.05, 0) is 58.7 Å². The number of methoxy groups -OCH3 is 2. The summed E-state index contributed by atoms with van der Waals surface area (Å²) < 4.78 is 24.2. The predicted molar refractivity (Wildman–Crippen MR) is 161 cm³/mol. The fourth-order valence-electron chi connectivity index (χ4n) is 5.27. The van der Waals surface area contributed by atoms with Crippen molar-refractivity contribution in [2.24, 2.45) is 0 Å². The summed E-state index contributed by atoms with van der Waals surface area (Å²) in [4.78, 5) is 18.5. The summed E-state index contributed by atoms with van der Waals surface area (Å²) in [5.74, 6) is 3.41. The first-order valence-electron chi connectivity index (χ1n) is 14.3. The molecule has 5 aromatic rings. The van der Waals surface area contributed by atoms with Crippen LogP contribution in [-0.2, 0) is 32.5 Å². The number of rotatable bonds is 12. The molecule has 0 atom stereocenters. The van der Waals surface area contributed by atoms with Gasteiger partial charge in [-0.25, -0.2) is 4.68 Å². The Hall–Kier alpha value is -4.90. The van der Waals surface area contributed by atoms with Crippen LogP contribution in [0.15, 0.2) is 71.5 Å². The van der Waals surface area contributed by atoms with Gasteiger partial charge in [0, 0.05) is 36.7 Å². The van der Waals surface area contributed by atoms with E-state index in [0.717, 1.165) is 29.6 Å². The lowest BCUT2D eigenvalue weighted by molar-refractivity contribution is 0.172. The first-order valence-corrected chi connectivity index (χ1v) is 14.3. The lowest BCUT2D eigenvalue weighted by Gasteiger charge is -2.22. The molecule has 1 aliphatic rings. The molecule has 0 spiro atoms. The Kier molecular flexibility index (Phi) is 8.50. The van der Waals surface area contributed by atoms with E-state index in [2.05, 4.69) is 37.5 Å². The highest BCUT2D eigenvalue weighted by atomic mass is 16.6. The second kappa shape index (κ2) is 13.0. The molecule has 0 bridgehead atoms. The summed E-state index contributed by atoms with van der Waals surface area (Å²) in [6.45, 7) is 3.16. The number of aryl methyl sites for hydroxylation is 2. The molecule has 1 aliphatic heterocycles. The van der Waals surface area contributed by atoms with Crippen LogP contribution in [0.4, 0.5) is 0 Å². The molecule has 0 radical (unpaired) electrons. The smallest absolute Gasteiger partial charge is 0.252 e. The minimum atomic E-state index is -0.149. The topological polar surface area (TPSA) is 117 Å². The average molecular weight is 583 g/mol. The number of ether oxygens (including phenoxy) is 4. The van der Waals surface area contributed by atoms with E-state index in [4.69, 9.17) is 18.9 Å². The van der Waals surface area contributed by atoms with E-state index in [1.54, 1.807) is 14.2 Å². The molecule has 0 saturated heterocycles. The van der Waals surface area contributed by atoms with E-state index in [1.165, 1.54) is 5.56 Å². The van der Waals surface area contributed by atoms with Crippen molar-refractivity contribution in [3.05, 3.63) is 99.6 Å². The largest absolute Gasteiger partial charge is 0.493 e. The summed E-state index contributed by atoms with van der Waals surface area (Å²) in [5.41, 5.74) is 3.50. The zero-order chi connectivity index (χ0) is 29.6. The first-order chi connectivity index (χ1) is 21.1. The van der Waals surface area contributed by atoms with Gasteiger partial charge >= 0.3 is 0 Å². The molecule has 11 heteroatoms. The number of tetrazole rings is 1. The summed E-state index contributed by atoms with van der Waals surface area (Å²) in [6, 6.07) is 21.8. The lowest BCUT2D eigenvalue weighted by Crippen LogP contribution is -2.30. The molecule has 0 fully saturated rings. The normalized spacial score (nSPS) is 12.5. The molecule has 2 aromatic heterocycles. The van der Waals surface area contributed by atoms with Gasteiger partial charge in [0.2, 0.25) is 0 Å². The van der Waals surface area contributed by atoms with Crippen LogP contribution >= 0.6 is 0 Å². The summed E-state index contributed by atoms with van der Waals surface area (Å²) in [6.07, 6.45) is 1.53. The van der Waals surface area contributed by atoms with E-state index < -0.39 is 0 Å².